The number of rotatable bonds is 5. The fourth-order valence-corrected chi connectivity index (χ4v) is 3.34. The van der Waals surface area contributed by atoms with Crippen LogP contribution in [0.5, 0.6) is 5.75 Å². The Hall–Kier alpha value is -2.84. The number of nitrogens with one attached hydrogen (secondary N) is 1. The van der Waals surface area contributed by atoms with Crippen molar-refractivity contribution < 1.29 is 14.3 Å². The van der Waals surface area contributed by atoms with E-state index in [9.17, 15) is 10.1 Å². The first-order valence-electron chi connectivity index (χ1n) is 8.81. The molecule has 2 aromatic rings. The predicted octanol–water partition coefficient (Wildman–Crippen LogP) is 3.64. The summed E-state index contributed by atoms with van der Waals surface area (Å²) in [5.74, 6) is 0.471. The van der Waals surface area contributed by atoms with Gasteiger partial charge in [0.2, 0.25) is 5.91 Å². The molecule has 134 valence electrons. The number of hydrogen-bond donors (Lipinski definition) is 1. The third-order valence-corrected chi connectivity index (χ3v) is 4.76. The van der Waals surface area contributed by atoms with Crippen molar-refractivity contribution in [1.29, 1.82) is 5.26 Å². The van der Waals surface area contributed by atoms with E-state index in [4.69, 9.17) is 9.47 Å². The van der Waals surface area contributed by atoms with Gasteiger partial charge < -0.3 is 14.8 Å². The van der Waals surface area contributed by atoms with E-state index in [-0.39, 0.29) is 5.91 Å². The van der Waals surface area contributed by atoms with E-state index in [1.807, 2.05) is 37.3 Å². The monoisotopic (exact) mass is 350 g/mol. The van der Waals surface area contributed by atoms with Crippen LogP contribution in [0.15, 0.2) is 48.5 Å². The van der Waals surface area contributed by atoms with E-state index in [1.54, 1.807) is 18.2 Å². The van der Waals surface area contributed by atoms with Gasteiger partial charge in [0.05, 0.1) is 29.3 Å². The van der Waals surface area contributed by atoms with Gasteiger partial charge in [-0.2, -0.15) is 5.26 Å². The minimum Gasteiger partial charge on any atom is -0.492 e. The van der Waals surface area contributed by atoms with Crippen LogP contribution in [0.25, 0.3) is 0 Å². The number of nitriles is 1. The lowest BCUT2D eigenvalue weighted by Crippen LogP contribution is -2.44. The SMILES string of the molecule is CCOc1ccc(C#N)cc1NC(=O)C1(c2ccccc2)CCOCC1. The Balaban J connectivity index is 1.95. The lowest BCUT2D eigenvalue weighted by atomic mass is 9.73. The van der Waals surface area contributed by atoms with Gasteiger partial charge in [-0.15, -0.1) is 0 Å². The zero-order valence-electron chi connectivity index (χ0n) is 14.8. The van der Waals surface area contributed by atoms with Crippen LogP contribution in [-0.4, -0.2) is 25.7 Å². The van der Waals surface area contributed by atoms with Crippen molar-refractivity contribution in [2.75, 3.05) is 25.1 Å². The van der Waals surface area contributed by atoms with Crippen LogP contribution in [-0.2, 0) is 14.9 Å². The minimum absolute atomic E-state index is 0.0944. The quantitative estimate of drug-likeness (QED) is 0.893. The molecular weight excluding hydrogens is 328 g/mol. The van der Waals surface area contributed by atoms with Crippen LogP contribution < -0.4 is 10.1 Å². The summed E-state index contributed by atoms with van der Waals surface area (Å²) in [7, 11) is 0. The molecule has 1 aliphatic heterocycles. The van der Waals surface area contributed by atoms with Crippen LogP contribution in [0.1, 0.15) is 30.9 Å². The highest BCUT2D eigenvalue weighted by Crippen LogP contribution is 2.37. The molecule has 1 fully saturated rings. The number of benzene rings is 2. The van der Waals surface area contributed by atoms with Gasteiger partial charge in [0, 0.05) is 13.2 Å². The maximum atomic E-state index is 13.3. The molecule has 26 heavy (non-hydrogen) atoms. The van der Waals surface area contributed by atoms with Gasteiger partial charge in [0.25, 0.3) is 0 Å². The third-order valence-electron chi connectivity index (χ3n) is 4.76. The molecule has 1 amide bonds. The first-order chi connectivity index (χ1) is 12.7. The molecule has 0 spiro atoms. The number of ether oxygens (including phenoxy) is 2. The Morgan fingerprint density at radius 1 is 1.23 bits per heavy atom. The van der Waals surface area contributed by atoms with Crippen molar-refractivity contribution in [3.63, 3.8) is 0 Å². The summed E-state index contributed by atoms with van der Waals surface area (Å²) in [5, 5.41) is 12.2. The molecule has 1 aliphatic rings. The highest BCUT2D eigenvalue weighted by atomic mass is 16.5. The number of carbonyl (C=O) groups excluding carboxylic acids is 1. The normalized spacial score (nSPS) is 15.7. The summed E-state index contributed by atoms with van der Waals surface area (Å²) in [6.07, 6.45) is 1.23. The summed E-state index contributed by atoms with van der Waals surface area (Å²) in [5.41, 5.74) is 1.34. The van der Waals surface area contributed by atoms with Crippen LogP contribution in [0.4, 0.5) is 5.69 Å². The number of hydrogen-bond acceptors (Lipinski definition) is 4. The smallest absolute Gasteiger partial charge is 0.235 e. The molecule has 0 radical (unpaired) electrons. The molecule has 0 unspecified atom stereocenters. The lowest BCUT2D eigenvalue weighted by molar-refractivity contribution is -0.125. The molecule has 0 saturated carbocycles. The highest BCUT2D eigenvalue weighted by Gasteiger charge is 2.41. The number of nitrogens with zero attached hydrogens (tertiary/aromatic N) is 1. The Labute approximate surface area is 153 Å². The van der Waals surface area contributed by atoms with Crippen LogP contribution in [0.2, 0.25) is 0 Å². The average Bonchev–Trinajstić information content (AvgIpc) is 2.70. The van der Waals surface area contributed by atoms with Crippen LogP contribution in [0, 0.1) is 11.3 Å². The maximum absolute atomic E-state index is 13.3. The second-order valence-electron chi connectivity index (χ2n) is 6.27. The minimum atomic E-state index is -0.647. The number of anilines is 1. The fraction of sp³-hybridized carbons (Fsp3) is 0.333. The largest absolute Gasteiger partial charge is 0.492 e. The molecule has 0 aromatic heterocycles. The molecule has 0 aliphatic carbocycles. The Morgan fingerprint density at radius 3 is 2.62 bits per heavy atom. The lowest BCUT2D eigenvalue weighted by Gasteiger charge is -2.36. The van der Waals surface area contributed by atoms with Crippen molar-refractivity contribution in [1.82, 2.24) is 0 Å². The van der Waals surface area contributed by atoms with Crippen molar-refractivity contribution in [2.45, 2.75) is 25.2 Å². The third kappa shape index (κ3) is 3.56. The van der Waals surface area contributed by atoms with Gasteiger partial charge in [-0.05, 0) is 43.5 Å². The van der Waals surface area contributed by atoms with Gasteiger partial charge >= 0.3 is 0 Å². The zero-order chi connectivity index (χ0) is 18.4. The summed E-state index contributed by atoms with van der Waals surface area (Å²) in [6, 6.07) is 17.0. The molecule has 3 rings (SSSR count). The first kappa shape index (κ1) is 18.0. The van der Waals surface area contributed by atoms with Crippen molar-refractivity contribution in [2.24, 2.45) is 0 Å². The number of amides is 1. The molecule has 1 saturated heterocycles. The van der Waals surface area contributed by atoms with E-state index in [2.05, 4.69) is 11.4 Å². The first-order valence-corrected chi connectivity index (χ1v) is 8.81. The molecule has 5 nitrogen and oxygen atoms in total. The molecule has 2 aromatic carbocycles. The summed E-state index contributed by atoms with van der Waals surface area (Å²) in [6.45, 7) is 3.44. The van der Waals surface area contributed by atoms with E-state index in [0.717, 1.165) is 5.56 Å². The van der Waals surface area contributed by atoms with Crippen molar-refractivity contribution >= 4 is 11.6 Å². The Bertz CT molecular complexity index is 806. The van der Waals surface area contributed by atoms with Gasteiger partial charge in [-0.25, -0.2) is 0 Å². The maximum Gasteiger partial charge on any atom is 0.235 e. The highest BCUT2D eigenvalue weighted by molar-refractivity contribution is 6.00. The van der Waals surface area contributed by atoms with Crippen molar-refractivity contribution in [3.8, 4) is 11.8 Å². The Morgan fingerprint density at radius 2 is 1.96 bits per heavy atom. The van der Waals surface area contributed by atoms with E-state index in [0.29, 0.717) is 49.7 Å². The average molecular weight is 350 g/mol. The molecular formula is C21H22N2O3. The van der Waals surface area contributed by atoms with E-state index < -0.39 is 5.41 Å². The van der Waals surface area contributed by atoms with Crippen LogP contribution >= 0.6 is 0 Å². The topological polar surface area (TPSA) is 71.3 Å². The molecule has 5 heteroatoms. The second kappa shape index (κ2) is 8.03. The number of carbonyl (C=O) groups is 1. The van der Waals surface area contributed by atoms with Gasteiger partial charge in [0.15, 0.2) is 0 Å². The standard InChI is InChI=1S/C21H22N2O3/c1-2-26-19-9-8-16(15-22)14-18(19)23-20(24)21(10-12-25-13-11-21)17-6-4-3-5-7-17/h3-9,14H,2,10-13H2,1H3,(H,23,24). The van der Waals surface area contributed by atoms with Gasteiger partial charge in [-0.1, -0.05) is 30.3 Å². The Kier molecular flexibility index (Phi) is 5.55. The fourth-order valence-electron chi connectivity index (χ4n) is 3.34. The van der Waals surface area contributed by atoms with E-state index in [1.165, 1.54) is 0 Å². The molecule has 0 bridgehead atoms. The van der Waals surface area contributed by atoms with Crippen LogP contribution in [0.3, 0.4) is 0 Å². The summed E-state index contributed by atoms with van der Waals surface area (Å²) < 4.78 is 11.1. The summed E-state index contributed by atoms with van der Waals surface area (Å²) >= 11 is 0. The summed E-state index contributed by atoms with van der Waals surface area (Å²) in [4.78, 5) is 13.3. The zero-order valence-corrected chi connectivity index (χ0v) is 14.8. The predicted molar refractivity (Wildman–Crippen MR) is 99.1 cm³/mol. The molecule has 1 heterocycles. The second-order valence-corrected chi connectivity index (χ2v) is 6.27. The molecule has 0 atom stereocenters. The van der Waals surface area contributed by atoms with E-state index >= 15 is 0 Å². The molecule has 1 N–H and O–H groups in total. The van der Waals surface area contributed by atoms with Gasteiger partial charge in [-0.3, -0.25) is 4.79 Å². The van der Waals surface area contributed by atoms with Crippen molar-refractivity contribution in [3.05, 3.63) is 59.7 Å². The van der Waals surface area contributed by atoms with Gasteiger partial charge in [0.1, 0.15) is 5.75 Å².